The Morgan fingerprint density at radius 3 is 2.30 bits per heavy atom. The number of hydrogen-bond acceptors (Lipinski definition) is 3. The van der Waals surface area contributed by atoms with Crippen molar-refractivity contribution in [3.63, 3.8) is 0 Å². The van der Waals surface area contributed by atoms with E-state index in [0.717, 1.165) is 10.5 Å². The SMILES string of the molecule is CC(Sc1ccc(NC(=O)Cc2ccc(Cl)cc2)cc1)C(=O)Nc1ccccc1F. The summed E-state index contributed by atoms with van der Waals surface area (Å²) in [6.07, 6.45) is 0.251. The number of benzene rings is 3. The van der Waals surface area contributed by atoms with Crippen molar-refractivity contribution in [3.8, 4) is 0 Å². The molecule has 0 aliphatic rings. The molecule has 0 bridgehead atoms. The first-order valence-corrected chi connectivity index (χ1v) is 10.5. The van der Waals surface area contributed by atoms with Gasteiger partial charge in [0.1, 0.15) is 5.82 Å². The van der Waals surface area contributed by atoms with E-state index in [0.29, 0.717) is 10.7 Å². The maximum absolute atomic E-state index is 13.7. The Kier molecular flexibility index (Phi) is 7.49. The Morgan fingerprint density at radius 2 is 1.63 bits per heavy atom. The summed E-state index contributed by atoms with van der Waals surface area (Å²) in [5.74, 6) is -0.887. The van der Waals surface area contributed by atoms with Crippen molar-refractivity contribution in [1.29, 1.82) is 0 Å². The van der Waals surface area contributed by atoms with Gasteiger partial charge in [-0.2, -0.15) is 0 Å². The fourth-order valence-electron chi connectivity index (χ4n) is 2.66. The molecule has 0 heterocycles. The Hall–Kier alpha value is -2.83. The fourth-order valence-corrected chi connectivity index (χ4v) is 3.66. The number of halogens is 2. The average molecular weight is 443 g/mol. The van der Waals surface area contributed by atoms with Crippen molar-refractivity contribution in [2.75, 3.05) is 10.6 Å². The van der Waals surface area contributed by atoms with Gasteiger partial charge in [-0.15, -0.1) is 11.8 Å². The summed E-state index contributed by atoms with van der Waals surface area (Å²) in [5.41, 5.74) is 1.70. The molecule has 0 spiro atoms. The monoisotopic (exact) mass is 442 g/mol. The van der Waals surface area contributed by atoms with Gasteiger partial charge < -0.3 is 10.6 Å². The summed E-state index contributed by atoms with van der Waals surface area (Å²) in [6, 6.07) is 20.4. The number of hydrogen-bond donors (Lipinski definition) is 2. The lowest BCUT2D eigenvalue weighted by atomic mass is 10.1. The first kappa shape index (κ1) is 21.9. The zero-order valence-electron chi connectivity index (χ0n) is 16.2. The highest BCUT2D eigenvalue weighted by Gasteiger charge is 2.16. The van der Waals surface area contributed by atoms with Gasteiger partial charge in [0, 0.05) is 15.6 Å². The summed E-state index contributed by atoms with van der Waals surface area (Å²) in [6.45, 7) is 1.75. The van der Waals surface area contributed by atoms with Crippen molar-refractivity contribution in [1.82, 2.24) is 0 Å². The van der Waals surface area contributed by atoms with Gasteiger partial charge in [0.05, 0.1) is 17.4 Å². The van der Waals surface area contributed by atoms with E-state index in [2.05, 4.69) is 10.6 Å². The fraction of sp³-hybridized carbons (Fsp3) is 0.130. The summed E-state index contributed by atoms with van der Waals surface area (Å²) in [5, 5.41) is 5.65. The van der Waals surface area contributed by atoms with Crippen LogP contribution in [0.1, 0.15) is 12.5 Å². The van der Waals surface area contributed by atoms with Gasteiger partial charge in [-0.3, -0.25) is 9.59 Å². The molecule has 4 nitrogen and oxygen atoms in total. The van der Waals surface area contributed by atoms with E-state index in [1.165, 1.54) is 23.9 Å². The molecule has 3 aromatic rings. The van der Waals surface area contributed by atoms with E-state index in [4.69, 9.17) is 11.6 Å². The maximum Gasteiger partial charge on any atom is 0.237 e. The lowest BCUT2D eigenvalue weighted by molar-refractivity contribution is -0.116. The molecule has 0 aromatic heterocycles. The molecule has 2 N–H and O–H groups in total. The third kappa shape index (κ3) is 6.34. The Labute approximate surface area is 183 Å². The molecule has 0 fully saturated rings. The van der Waals surface area contributed by atoms with Gasteiger partial charge in [-0.1, -0.05) is 35.9 Å². The van der Waals surface area contributed by atoms with Crippen LogP contribution in [0.5, 0.6) is 0 Å². The molecule has 7 heteroatoms. The molecule has 0 aliphatic heterocycles. The van der Waals surface area contributed by atoms with Crippen LogP contribution in [0.4, 0.5) is 15.8 Å². The second-order valence-corrected chi connectivity index (χ2v) is 8.46. The second kappa shape index (κ2) is 10.3. The molecule has 0 aliphatic carbocycles. The molecule has 0 saturated carbocycles. The second-order valence-electron chi connectivity index (χ2n) is 6.60. The lowest BCUT2D eigenvalue weighted by Gasteiger charge is -2.13. The molecule has 30 heavy (non-hydrogen) atoms. The molecule has 154 valence electrons. The maximum atomic E-state index is 13.7. The first-order valence-electron chi connectivity index (χ1n) is 9.27. The summed E-state index contributed by atoms with van der Waals surface area (Å²) >= 11 is 7.20. The van der Waals surface area contributed by atoms with Gasteiger partial charge in [0.15, 0.2) is 0 Å². The number of thioether (sulfide) groups is 1. The average Bonchev–Trinajstić information content (AvgIpc) is 2.73. The Balaban J connectivity index is 1.52. The van der Waals surface area contributed by atoms with Gasteiger partial charge in [-0.05, 0) is 61.0 Å². The van der Waals surface area contributed by atoms with E-state index >= 15 is 0 Å². The minimum Gasteiger partial charge on any atom is -0.326 e. The lowest BCUT2D eigenvalue weighted by Crippen LogP contribution is -2.22. The third-order valence-electron chi connectivity index (χ3n) is 4.23. The van der Waals surface area contributed by atoms with E-state index in [9.17, 15) is 14.0 Å². The standard InChI is InChI=1S/C23H20ClFN2O2S/c1-15(23(29)27-21-5-3-2-4-20(21)25)30-19-12-10-18(11-13-19)26-22(28)14-16-6-8-17(24)9-7-16/h2-13,15H,14H2,1H3,(H,26,28)(H,27,29). The minimum absolute atomic E-state index is 0.129. The predicted molar refractivity (Wildman–Crippen MR) is 121 cm³/mol. The molecule has 3 rings (SSSR count). The number of anilines is 2. The van der Waals surface area contributed by atoms with Gasteiger partial charge in [-0.25, -0.2) is 4.39 Å². The van der Waals surface area contributed by atoms with E-state index < -0.39 is 11.1 Å². The van der Waals surface area contributed by atoms with Crippen molar-refractivity contribution in [2.24, 2.45) is 0 Å². The Bertz CT molecular complexity index is 1030. The van der Waals surface area contributed by atoms with Crippen LogP contribution in [0.15, 0.2) is 77.7 Å². The smallest absolute Gasteiger partial charge is 0.237 e. The van der Waals surface area contributed by atoms with Crippen molar-refractivity contribution in [3.05, 3.63) is 89.2 Å². The van der Waals surface area contributed by atoms with Crippen LogP contribution in [-0.4, -0.2) is 17.1 Å². The number of nitrogens with one attached hydrogen (secondary N) is 2. The van der Waals surface area contributed by atoms with Crippen LogP contribution in [0.3, 0.4) is 0 Å². The number of para-hydroxylation sites is 1. The van der Waals surface area contributed by atoms with Crippen LogP contribution in [0, 0.1) is 5.82 Å². The number of amides is 2. The molecular weight excluding hydrogens is 423 g/mol. The van der Waals surface area contributed by atoms with E-state index in [1.54, 1.807) is 43.3 Å². The number of carbonyl (C=O) groups is 2. The van der Waals surface area contributed by atoms with Crippen LogP contribution in [0.25, 0.3) is 0 Å². The topological polar surface area (TPSA) is 58.2 Å². The highest BCUT2D eigenvalue weighted by Crippen LogP contribution is 2.26. The van der Waals surface area contributed by atoms with Gasteiger partial charge in [0.25, 0.3) is 0 Å². The normalized spacial score (nSPS) is 11.6. The molecule has 3 aromatic carbocycles. The van der Waals surface area contributed by atoms with Crippen molar-refractivity contribution in [2.45, 2.75) is 23.5 Å². The molecule has 0 saturated heterocycles. The summed E-state index contributed by atoms with van der Waals surface area (Å²) < 4.78 is 13.7. The largest absolute Gasteiger partial charge is 0.326 e. The minimum atomic E-state index is -0.471. The summed E-state index contributed by atoms with van der Waals surface area (Å²) in [4.78, 5) is 25.4. The molecule has 1 unspecified atom stereocenters. The molecule has 2 amide bonds. The van der Waals surface area contributed by atoms with Crippen LogP contribution >= 0.6 is 23.4 Å². The van der Waals surface area contributed by atoms with Gasteiger partial charge >= 0.3 is 0 Å². The van der Waals surface area contributed by atoms with E-state index in [-0.39, 0.29) is 23.9 Å². The summed E-state index contributed by atoms with van der Waals surface area (Å²) in [7, 11) is 0. The molecule has 1 atom stereocenters. The van der Waals surface area contributed by atoms with Crippen LogP contribution < -0.4 is 10.6 Å². The van der Waals surface area contributed by atoms with Gasteiger partial charge in [0.2, 0.25) is 11.8 Å². The quantitative estimate of drug-likeness (QED) is 0.456. The van der Waals surface area contributed by atoms with Crippen molar-refractivity contribution < 1.29 is 14.0 Å². The highest BCUT2D eigenvalue weighted by molar-refractivity contribution is 8.00. The molecule has 0 radical (unpaired) electrons. The third-order valence-corrected chi connectivity index (χ3v) is 5.59. The highest BCUT2D eigenvalue weighted by atomic mass is 35.5. The molecular formula is C23H20ClFN2O2S. The number of rotatable bonds is 7. The van der Waals surface area contributed by atoms with Crippen LogP contribution in [-0.2, 0) is 16.0 Å². The van der Waals surface area contributed by atoms with Crippen LogP contribution in [0.2, 0.25) is 5.02 Å². The first-order chi connectivity index (χ1) is 14.4. The predicted octanol–water partition coefficient (Wildman–Crippen LogP) is 5.78. The zero-order chi connectivity index (χ0) is 21.5. The zero-order valence-corrected chi connectivity index (χ0v) is 17.8. The Morgan fingerprint density at radius 1 is 0.967 bits per heavy atom. The number of carbonyl (C=O) groups excluding carboxylic acids is 2. The van der Waals surface area contributed by atoms with Crippen molar-refractivity contribution >= 4 is 46.6 Å². The van der Waals surface area contributed by atoms with E-state index in [1.807, 2.05) is 24.3 Å².